The molecule has 178 valence electrons. The van der Waals surface area contributed by atoms with Crippen LogP contribution in [0.5, 0.6) is 0 Å². The summed E-state index contributed by atoms with van der Waals surface area (Å²) in [4.78, 5) is 31.8. The van der Waals surface area contributed by atoms with E-state index in [1.54, 1.807) is 11.8 Å². The molecular weight excluding hydrogens is 414 g/mol. The molecule has 2 aliphatic carbocycles. The van der Waals surface area contributed by atoms with Crippen molar-refractivity contribution in [2.75, 3.05) is 12.0 Å². The molecule has 1 aromatic heterocycles. The minimum atomic E-state index is -0.302. The molecule has 0 spiro atoms. The number of ether oxygens (including phenoxy) is 1. The molecule has 1 aromatic carbocycles. The van der Waals surface area contributed by atoms with Gasteiger partial charge in [0.25, 0.3) is 0 Å². The van der Waals surface area contributed by atoms with Crippen LogP contribution in [0, 0.1) is 11.8 Å². The molecule has 0 radical (unpaired) electrons. The molecule has 0 N–H and O–H groups in total. The van der Waals surface area contributed by atoms with Crippen LogP contribution in [0.4, 0.5) is 10.5 Å². The quantitative estimate of drug-likeness (QED) is 0.559. The van der Waals surface area contributed by atoms with E-state index in [2.05, 4.69) is 23.6 Å². The number of methoxy groups -OCH3 is 1. The number of carbonyl (C=O) groups excluding carboxylic acids is 2. The van der Waals surface area contributed by atoms with E-state index in [1.165, 1.54) is 49.7 Å². The van der Waals surface area contributed by atoms with E-state index in [1.807, 2.05) is 0 Å². The van der Waals surface area contributed by atoms with Crippen LogP contribution in [0.1, 0.15) is 89.1 Å². The Labute approximate surface area is 196 Å². The highest BCUT2D eigenvalue weighted by Gasteiger charge is 2.33. The number of Topliss-reactive ketones (excluding diaryl/α,β-unsaturated/α-hetero) is 1. The third kappa shape index (κ3) is 4.06. The van der Waals surface area contributed by atoms with Crippen molar-refractivity contribution >= 4 is 28.6 Å². The zero-order chi connectivity index (χ0) is 23.1. The fourth-order valence-corrected chi connectivity index (χ4v) is 6.29. The summed E-state index contributed by atoms with van der Waals surface area (Å²) in [5, 5.41) is 0. The second-order valence-corrected chi connectivity index (χ2v) is 10.5. The summed E-state index contributed by atoms with van der Waals surface area (Å²) < 4.78 is 7.58. The lowest BCUT2D eigenvalue weighted by atomic mass is 9.81. The van der Waals surface area contributed by atoms with Gasteiger partial charge < -0.3 is 9.30 Å². The van der Waals surface area contributed by atoms with E-state index in [9.17, 15) is 9.59 Å². The molecule has 2 aromatic rings. The van der Waals surface area contributed by atoms with Gasteiger partial charge in [-0.25, -0.2) is 9.78 Å². The first-order valence-electron chi connectivity index (χ1n) is 12.9. The number of aryl methyl sites for hydroxylation is 2. The number of aromatic nitrogens is 2. The Kier molecular flexibility index (Phi) is 6.19. The summed E-state index contributed by atoms with van der Waals surface area (Å²) in [7, 11) is 1.45. The second-order valence-electron chi connectivity index (χ2n) is 10.5. The number of fused-ring (bicyclic) bond motifs is 3. The van der Waals surface area contributed by atoms with Gasteiger partial charge >= 0.3 is 6.09 Å². The summed E-state index contributed by atoms with van der Waals surface area (Å²) in [5.74, 6) is 2.48. The Hall–Kier alpha value is -2.37. The number of benzene rings is 1. The van der Waals surface area contributed by atoms with E-state index in [-0.39, 0.29) is 18.1 Å². The third-order valence-electron chi connectivity index (χ3n) is 8.49. The maximum absolute atomic E-state index is 12.6. The van der Waals surface area contributed by atoms with Crippen LogP contribution in [0.3, 0.4) is 0 Å². The SMILES string of the molecule is COC(=O)N1c2ccc3c(nc(CCC4CCC4)n3[C@@H]3CCC[C@@H](C(C)=O)C3)c2CC[C@@H]1C. The van der Waals surface area contributed by atoms with Crippen molar-refractivity contribution in [1.82, 2.24) is 9.55 Å². The monoisotopic (exact) mass is 451 g/mol. The maximum atomic E-state index is 12.6. The summed E-state index contributed by atoms with van der Waals surface area (Å²) in [6.07, 6.45) is 11.9. The summed E-state index contributed by atoms with van der Waals surface area (Å²) in [5.41, 5.74) is 4.32. The Morgan fingerprint density at radius 3 is 2.61 bits per heavy atom. The highest BCUT2D eigenvalue weighted by atomic mass is 16.5. The number of hydrogen-bond donors (Lipinski definition) is 0. The van der Waals surface area contributed by atoms with Crippen LogP contribution in [-0.4, -0.2) is 34.6 Å². The minimum Gasteiger partial charge on any atom is -0.452 e. The van der Waals surface area contributed by atoms with Crippen molar-refractivity contribution in [2.24, 2.45) is 11.8 Å². The molecule has 6 nitrogen and oxygen atoms in total. The van der Waals surface area contributed by atoms with Gasteiger partial charge in [-0.2, -0.15) is 0 Å². The second kappa shape index (κ2) is 9.11. The van der Waals surface area contributed by atoms with Crippen LogP contribution in [0.15, 0.2) is 12.1 Å². The normalized spacial score (nSPS) is 25.5. The Morgan fingerprint density at radius 1 is 1.12 bits per heavy atom. The predicted octanol–water partition coefficient (Wildman–Crippen LogP) is 6.00. The molecular formula is C27H37N3O3. The van der Waals surface area contributed by atoms with Crippen molar-refractivity contribution in [2.45, 2.75) is 96.6 Å². The molecule has 2 heterocycles. The van der Waals surface area contributed by atoms with Gasteiger partial charge in [-0.05, 0) is 70.4 Å². The molecule has 3 atom stereocenters. The number of anilines is 1. The number of rotatable bonds is 5. The molecule has 1 amide bonds. The fourth-order valence-electron chi connectivity index (χ4n) is 6.29. The minimum absolute atomic E-state index is 0.109. The topological polar surface area (TPSA) is 64.4 Å². The maximum Gasteiger partial charge on any atom is 0.414 e. The van der Waals surface area contributed by atoms with Gasteiger partial charge in [-0.3, -0.25) is 9.69 Å². The third-order valence-corrected chi connectivity index (χ3v) is 8.49. The number of ketones is 1. The number of amides is 1. The molecule has 0 bridgehead atoms. The molecule has 2 fully saturated rings. The smallest absolute Gasteiger partial charge is 0.414 e. The van der Waals surface area contributed by atoms with Gasteiger partial charge in [0.05, 0.1) is 23.8 Å². The lowest BCUT2D eigenvalue weighted by molar-refractivity contribution is -0.122. The number of nitrogens with zero attached hydrogens (tertiary/aromatic N) is 3. The summed E-state index contributed by atoms with van der Waals surface area (Å²) in [6, 6.07) is 4.67. The van der Waals surface area contributed by atoms with Crippen molar-refractivity contribution in [3.8, 4) is 0 Å². The molecule has 2 saturated carbocycles. The van der Waals surface area contributed by atoms with Gasteiger partial charge in [0.2, 0.25) is 0 Å². The molecule has 6 heteroatoms. The summed E-state index contributed by atoms with van der Waals surface area (Å²) >= 11 is 0. The van der Waals surface area contributed by atoms with Gasteiger partial charge in [-0.15, -0.1) is 0 Å². The molecule has 0 unspecified atom stereocenters. The van der Waals surface area contributed by atoms with Crippen molar-refractivity contribution in [1.29, 1.82) is 0 Å². The van der Waals surface area contributed by atoms with E-state index in [0.717, 1.165) is 62.1 Å². The van der Waals surface area contributed by atoms with Crippen molar-refractivity contribution in [3.05, 3.63) is 23.5 Å². The highest BCUT2D eigenvalue weighted by Crippen LogP contribution is 2.41. The molecule has 0 saturated heterocycles. The van der Waals surface area contributed by atoms with Crippen LogP contribution < -0.4 is 4.90 Å². The van der Waals surface area contributed by atoms with E-state index < -0.39 is 0 Å². The lowest BCUT2D eigenvalue weighted by Crippen LogP contribution is -2.42. The molecule has 5 rings (SSSR count). The first-order valence-corrected chi connectivity index (χ1v) is 12.9. The molecule has 33 heavy (non-hydrogen) atoms. The Balaban J connectivity index is 1.58. The fraction of sp³-hybridized carbons (Fsp3) is 0.667. The Bertz CT molecular complexity index is 1050. The molecule has 1 aliphatic heterocycles. The van der Waals surface area contributed by atoms with Crippen molar-refractivity contribution in [3.63, 3.8) is 0 Å². The number of hydrogen-bond acceptors (Lipinski definition) is 4. The van der Waals surface area contributed by atoms with E-state index in [0.29, 0.717) is 11.8 Å². The zero-order valence-corrected chi connectivity index (χ0v) is 20.3. The molecule has 3 aliphatic rings. The van der Waals surface area contributed by atoms with Crippen LogP contribution in [0.2, 0.25) is 0 Å². The van der Waals surface area contributed by atoms with Crippen LogP contribution in [-0.2, 0) is 22.4 Å². The van der Waals surface area contributed by atoms with E-state index >= 15 is 0 Å². The average Bonchev–Trinajstić information content (AvgIpc) is 3.16. The highest BCUT2D eigenvalue weighted by molar-refractivity contribution is 5.95. The standard InChI is InChI=1S/C27H37N3O3/c1-17-10-12-22-23(29(17)27(32)33-3)13-14-24-26(22)28-25(15-11-19-6-4-7-19)30(24)21-9-5-8-20(16-21)18(2)31/h13-14,17,19-21H,4-12,15-16H2,1-3H3/t17-,20+,21+/m0/s1. The van der Waals surface area contributed by atoms with Crippen LogP contribution in [0.25, 0.3) is 11.0 Å². The van der Waals surface area contributed by atoms with Gasteiger partial charge in [0.1, 0.15) is 11.6 Å². The number of imidazole rings is 1. The lowest BCUT2D eigenvalue weighted by Gasteiger charge is -2.34. The van der Waals surface area contributed by atoms with Gasteiger partial charge in [0.15, 0.2) is 0 Å². The first-order chi connectivity index (χ1) is 16.0. The van der Waals surface area contributed by atoms with Crippen molar-refractivity contribution < 1.29 is 14.3 Å². The number of carbonyl (C=O) groups is 2. The predicted molar refractivity (Wildman–Crippen MR) is 130 cm³/mol. The Morgan fingerprint density at radius 2 is 1.91 bits per heavy atom. The first kappa shape index (κ1) is 22.4. The summed E-state index contributed by atoms with van der Waals surface area (Å²) in [6.45, 7) is 3.83. The van der Waals surface area contributed by atoms with Crippen LogP contribution >= 0.6 is 0 Å². The largest absolute Gasteiger partial charge is 0.452 e. The zero-order valence-electron chi connectivity index (χ0n) is 20.3. The van der Waals surface area contributed by atoms with Gasteiger partial charge in [0, 0.05) is 30.0 Å². The van der Waals surface area contributed by atoms with Gasteiger partial charge in [-0.1, -0.05) is 25.7 Å². The average molecular weight is 452 g/mol. The van der Waals surface area contributed by atoms with E-state index in [4.69, 9.17) is 9.72 Å².